The highest BCUT2D eigenvalue weighted by Crippen LogP contribution is 2.49. The maximum atomic E-state index is 12.5. The van der Waals surface area contributed by atoms with Crippen molar-refractivity contribution in [2.24, 2.45) is 0 Å². The number of Topliss-reactive ketones (excluding diaryl/α,β-unsaturated/α-hetero) is 1. The lowest BCUT2D eigenvalue weighted by molar-refractivity contribution is -0.118. The Labute approximate surface area is 134 Å². The van der Waals surface area contributed by atoms with Crippen molar-refractivity contribution >= 4 is 44.1 Å². The molecule has 1 aromatic heterocycles. The summed E-state index contributed by atoms with van der Waals surface area (Å²) in [6, 6.07) is 7.83. The molecule has 1 heterocycles. The van der Waals surface area contributed by atoms with Crippen molar-refractivity contribution in [1.82, 2.24) is 4.98 Å². The fraction of sp³-hybridized carbons (Fsp3) is 0.267. The second-order valence-electron chi connectivity index (χ2n) is 5.13. The lowest BCUT2D eigenvalue weighted by atomic mass is 9.95. The van der Waals surface area contributed by atoms with Crippen LogP contribution in [-0.4, -0.2) is 16.7 Å². The normalized spacial score (nSPS) is 15.5. The Balaban J connectivity index is 1.78. The number of rotatable bonds is 4. The summed E-state index contributed by atoms with van der Waals surface area (Å²) in [5, 5.41) is 3.32. The molecule has 1 amide bonds. The molecule has 6 heteroatoms. The van der Waals surface area contributed by atoms with Gasteiger partial charge in [0.25, 0.3) is 0 Å². The molecule has 0 radical (unpaired) electrons. The van der Waals surface area contributed by atoms with Gasteiger partial charge in [-0.05, 0) is 30.5 Å². The van der Waals surface area contributed by atoms with E-state index in [-0.39, 0.29) is 11.7 Å². The maximum Gasteiger partial charge on any atom is 0.236 e. The van der Waals surface area contributed by atoms with E-state index >= 15 is 0 Å². The topological polar surface area (TPSA) is 59.1 Å². The van der Waals surface area contributed by atoms with Crippen molar-refractivity contribution in [3.8, 4) is 0 Å². The third-order valence-electron chi connectivity index (χ3n) is 3.65. The number of nitrogens with one attached hydrogen (secondary N) is 1. The first-order valence-electron chi connectivity index (χ1n) is 6.55. The third kappa shape index (κ3) is 2.78. The predicted molar refractivity (Wildman–Crippen MR) is 85.8 cm³/mol. The van der Waals surface area contributed by atoms with Gasteiger partial charge in [0.05, 0.1) is 16.5 Å². The smallest absolute Gasteiger partial charge is 0.236 e. The average molecular weight is 365 g/mol. The Hall–Kier alpha value is -1.53. The molecule has 1 aliphatic carbocycles. The predicted octanol–water partition coefficient (Wildman–Crippen LogP) is 3.78. The van der Waals surface area contributed by atoms with Crippen molar-refractivity contribution in [1.29, 1.82) is 0 Å². The largest absolute Gasteiger partial charge is 0.301 e. The van der Waals surface area contributed by atoms with Gasteiger partial charge in [-0.3, -0.25) is 9.59 Å². The van der Waals surface area contributed by atoms with Crippen molar-refractivity contribution in [3.63, 3.8) is 0 Å². The second-order valence-corrected chi connectivity index (χ2v) is 7.08. The molecule has 21 heavy (non-hydrogen) atoms. The van der Waals surface area contributed by atoms with Crippen LogP contribution in [0.1, 0.15) is 35.0 Å². The molecular weight excluding hydrogens is 352 g/mol. The zero-order chi connectivity index (χ0) is 15.0. The molecule has 1 aromatic carbocycles. The number of carbonyl (C=O) groups excluding carboxylic acids is 2. The van der Waals surface area contributed by atoms with E-state index < -0.39 is 5.41 Å². The highest BCUT2D eigenvalue weighted by Gasteiger charge is 2.51. The number of benzene rings is 1. The summed E-state index contributed by atoms with van der Waals surface area (Å²) in [5.41, 5.74) is 0.578. The van der Waals surface area contributed by atoms with Crippen molar-refractivity contribution in [3.05, 3.63) is 45.4 Å². The summed E-state index contributed by atoms with van der Waals surface area (Å²) < 4.78 is 0.994. The van der Waals surface area contributed by atoms with Crippen molar-refractivity contribution in [2.75, 3.05) is 5.32 Å². The number of hydrogen-bond donors (Lipinski definition) is 1. The van der Waals surface area contributed by atoms with Crippen molar-refractivity contribution < 1.29 is 9.59 Å². The molecule has 108 valence electrons. The van der Waals surface area contributed by atoms with Crippen LogP contribution in [0.4, 0.5) is 5.13 Å². The Morgan fingerprint density at radius 3 is 2.48 bits per heavy atom. The van der Waals surface area contributed by atoms with Crippen LogP contribution in [0.5, 0.6) is 0 Å². The number of aromatic nitrogens is 1. The lowest BCUT2D eigenvalue weighted by Crippen LogP contribution is -2.27. The van der Waals surface area contributed by atoms with Gasteiger partial charge in [-0.2, -0.15) is 0 Å². The molecule has 4 nitrogen and oxygen atoms in total. The van der Waals surface area contributed by atoms with E-state index in [9.17, 15) is 9.59 Å². The molecule has 1 aliphatic rings. The first-order chi connectivity index (χ1) is 10.0. The first-order valence-corrected chi connectivity index (χ1v) is 8.16. The molecule has 1 N–H and O–H groups in total. The number of anilines is 1. The van der Waals surface area contributed by atoms with E-state index in [1.165, 1.54) is 24.5 Å². The number of carbonyl (C=O) groups is 2. The molecule has 1 saturated carbocycles. The molecule has 0 spiro atoms. The molecule has 0 bridgehead atoms. The van der Waals surface area contributed by atoms with Gasteiger partial charge in [-0.1, -0.05) is 39.4 Å². The van der Waals surface area contributed by atoms with Crippen LogP contribution in [0, 0.1) is 0 Å². The van der Waals surface area contributed by atoms with Crippen LogP contribution in [-0.2, 0) is 10.2 Å². The molecule has 2 aromatic rings. The summed E-state index contributed by atoms with van der Waals surface area (Å²) in [7, 11) is 0. The van der Waals surface area contributed by atoms with Crippen LogP contribution < -0.4 is 5.32 Å². The Bertz CT molecular complexity index is 705. The summed E-state index contributed by atoms with van der Waals surface area (Å²) >= 11 is 4.61. The highest BCUT2D eigenvalue weighted by atomic mass is 79.9. The summed E-state index contributed by atoms with van der Waals surface area (Å²) in [4.78, 5) is 28.4. The number of hydrogen-bond acceptors (Lipinski definition) is 4. The number of thiazole rings is 1. The van der Waals surface area contributed by atoms with E-state index in [4.69, 9.17) is 0 Å². The minimum Gasteiger partial charge on any atom is -0.301 e. The van der Waals surface area contributed by atoms with Gasteiger partial charge in [0.2, 0.25) is 5.91 Å². The number of ketones is 1. The van der Waals surface area contributed by atoms with Gasteiger partial charge in [-0.25, -0.2) is 4.98 Å². The number of halogens is 1. The third-order valence-corrected chi connectivity index (χ3v) is 5.20. The molecule has 3 rings (SSSR count). The summed E-state index contributed by atoms with van der Waals surface area (Å²) in [5.74, 6) is -0.0867. The molecule has 0 atom stereocenters. The van der Waals surface area contributed by atoms with E-state index in [1.54, 1.807) is 0 Å². The minimum absolute atomic E-state index is 0.0398. The van der Waals surface area contributed by atoms with Gasteiger partial charge in [0.15, 0.2) is 10.9 Å². The van der Waals surface area contributed by atoms with E-state index in [2.05, 4.69) is 26.2 Å². The molecule has 0 saturated heterocycles. The van der Waals surface area contributed by atoms with Crippen LogP contribution in [0.15, 0.2) is 34.9 Å². The quantitative estimate of drug-likeness (QED) is 0.839. The monoisotopic (exact) mass is 364 g/mol. The standard InChI is InChI=1S/C15H13BrN2O2S/c1-9(19)12-8-17-14(21-12)18-13(20)15(6-7-15)10-2-4-11(16)5-3-10/h2-5,8H,6-7H2,1H3,(H,17,18,20). The SMILES string of the molecule is CC(=O)c1cnc(NC(=O)C2(c3ccc(Br)cc3)CC2)s1. The van der Waals surface area contributed by atoms with Crippen LogP contribution >= 0.6 is 27.3 Å². The summed E-state index contributed by atoms with van der Waals surface area (Å²) in [6.07, 6.45) is 3.18. The van der Waals surface area contributed by atoms with Crippen molar-refractivity contribution in [2.45, 2.75) is 25.2 Å². The zero-order valence-corrected chi connectivity index (χ0v) is 13.8. The van der Waals surface area contributed by atoms with Gasteiger partial charge in [0, 0.05) is 11.4 Å². The van der Waals surface area contributed by atoms with E-state index in [1.807, 2.05) is 24.3 Å². The Morgan fingerprint density at radius 1 is 1.29 bits per heavy atom. The minimum atomic E-state index is -0.442. The van der Waals surface area contributed by atoms with Gasteiger partial charge in [0.1, 0.15) is 0 Å². The summed E-state index contributed by atoms with van der Waals surface area (Å²) in [6.45, 7) is 1.49. The average Bonchev–Trinajstić information content (AvgIpc) is 3.13. The molecule has 1 fully saturated rings. The lowest BCUT2D eigenvalue weighted by Gasteiger charge is -2.14. The molecule has 0 aliphatic heterocycles. The molecular formula is C15H13BrN2O2S. The Kier molecular flexibility index (Phi) is 3.67. The zero-order valence-electron chi connectivity index (χ0n) is 11.4. The van der Waals surface area contributed by atoms with Gasteiger partial charge >= 0.3 is 0 Å². The fourth-order valence-electron chi connectivity index (χ4n) is 2.25. The second kappa shape index (κ2) is 5.35. The van der Waals surface area contributed by atoms with Crippen LogP contribution in [0.3, 0.4) is 0 Å². The highest BCUT2D eigenvalue weighted by molar-refractivity contribution is 9.10. The van der Waals surface area contributed by atoms with Gasteiger partial charge < -0.3 is 5.32 Å². The maximum absolute atomic E-state index is 12.5. The fourth-order valence-corrected chi connectivity index (χ4v) is 3.22. The van der Waals surface area contributed by atoms with E-state index in [0.29, 0.717) is 10.0 Å². The van der Waals surface area contributed by atoms with Gasteiger partial charge in [-0.15, -0.1) is 0 Å². The molecule has 0 unspecified atom stereocenters. The number of amides is 1. The first kappa shape index (κ1) is 14.4. The number of nitrogens with zero attached hydrogens (tertiary/aromatic N) is 1. The van der Waals surface area contributed by atoms with E-state index in [0.717, 1.165) is 22.9 Å². The Morgan fingerprint density at radius 2 is 1.95 bits per heavy atom. The van der Waals surface area contributed by atoms with Crippen LogP contribution in [0.25, 0.3) is 0 Å². The van der Waals surface area contributed by atoms with Crippen LogP contribution in [0.2, 0.25) is 0 Å².